The molecule has 0 aromatic heterocycles. The standard InChI is InChI=1S/C15H33N3/c1-5-6-14(4)15(11-16)18-9-7-17(8-10-18)12-13(2)3/h13-15H,5-12,16H2,1-4H3. The van der Waals surface area contributed by atoms with Crippen LogP contribution in [-0.4, -0.2) is 55.1 Å². The molecule has 3 heteroatoms. The maximum atomic E-state index is 5.99. The highest BCUT2D eigenvalue weighted by molar-refractivity contribution is 4.82. The maximum absolute atomic E-state index is 5.99. The molecule has 0 radical (unpaired) electrons. The summed E-state index contributed by atoms with van der Waals surface area (Å²) in [6, 6.07) is 0.589. The zero-order valence-electron chi connectivity index (χ0n) is 12.9. The summed E-state index contributed by atoms with van der Waals surface area (Å²) in [5.41, 5.74) is 5.99. The van der Waals surface area contributed by atoms with E-state index in [0.717, 1.165) is 18.4 Å². The van der Waals surface area contributed by atoms with Gasteiger partial charge in [0.15, 0.2) is 0 Å². The summed E-state index contributed by atoms with van der Waals surface area (Å²) in [4.78, 5) is 5.22. The third kappa shape index (κ3) is 4.87. The molecule has 1 aliphatic rings. The van der Waals surface area contributed by atoms with Gasteiger partial charge >= 0.3 is 0 Å². The van der Waals surface area contributed by atoms with Gasteiger partial charge < -0.3 is 10.6 Å². The lowest BCUT2D eigenvalue weighted by atomic mass is 9.95. The summed E-state index contributed by atoms with van der Waals surface area (Å²) in [5, 5.41) is 0. The van der Waals surface area contributed by atoms with Crippen molar-refractivity contribution in [3.8, 4) is 0 Å². The Kier molecular flexibility index (Phi) is 7.20. The first-order chi connectivity index (χ1) is 8.58. The van der Waals surface area contributed by atoms with Gasteiger partial charge in [-0.25, -0.2) is 0 Å². The first kappa shape index (κ1) is 15.9. The second kappa shape index (κ2) is 8.13. The van der Waals surface area contributed by atoms with Gasteiger partial charge in [-0.3, -0.25) is 4.90 Å². The lowest BCUT2D eigenvalue weighted by Gasteiger charge is -2.41. The normalized spacial score (nSPS) is 22.3. The van der Waals surface area contributed by atoms with Crippen LogP contribution in [0, 0.1) is 11.8 Å². The molecule has 1 rings (SSSR count). The number of piperazine rings is 1. The second-order valence-corrected chi connectivity index (χ2v) is 6.30. The molecule has 3 nitrogen and oxygen atoms in total. The Morgan fingerprint density at radius 3 is 2.11 bits per heavy atom. The summed E-state index contributed by atoms with van der Waals surface area (Å²) < 4.78 is 0. The van der Waals surface area contributed by atoms with Crippen molar-refractivity contribution >= 4 is 0 Å². The molecule has 1 heterocycles. The molecule has 18 heavy (non-hydrogen) atoms. The molecule has 1 aliphatic heterocycles. The Hall–Kier alpha value is -0.120. The molecule has 0 aromatic carbocycles. The van der Waals surface area contributed by atoms with Gasteiger partial charge in [0.25, 0.3) is 0 Å². The molecule has 0 saturated carbocycles. The third-order valence-corrected chi connectivity index (χ3v) is 4.14. The van der Waals surface area contributed by atoms with Crippen molar-refractivity contribution in [2.45, 2.75) is 46.6 Å². The molecule has 1 saturated heterocycles. The quantitative estimate of drug-likeness (QED) is 0.755. The van der Waals surface area contributed by atoms with Crippen molar-refractivity contribution in [2.24, 2.45) is 17.6 Å². The molecular formula is C15H33N3. The number of hydrogen-bond acceptors (Lipinski definition) is 3. The third-order valence-electron chi connectivity index (χ3n) is 4.14. The van der Waals surface area contributed by atoms with Crippen molar-refractivity contribution in [2.75, 3.05) is 39.3 Å². The average molecular weight is 255 g/mol. The van der Waals surface area contributed by atoms with Crippen LogP contribution in [0.1, 0.15) is 40.5 Å². The minimum absolute atomic E-state index is 0.589. The first-order valence-corrected chi connectivity index (χ1v) is 7.74. The van der Waals surface area contributed by atoms with E-state index < -0.39 is 0 Å². The van der Waals surface area contributed by atoms with E-state index in [-0.39, 0.29) is 0 Å². The van der Waals surface area contributed by atoms with Gasteiger partial charge in [0.2, 0.25) is 0 Å². The lowest BCUT2D eigenvalue weighted by Crippen LogP contribution is -2.54. The van der Waals surface area contributed by atoms with E-state index in [9.17, 15) is 0 Å². The van der Waals surface area contributed by atoms with Gasteiger partial charge in [0.1, 0.15) is 0 Å². The van der Waals surface area contributed by atoms with Crippen LogP contribution in [0.4, 0.5) is 0 Å². The van der Waals surface area contributed by atoms with E-state index >= 15 is 0 Å². The van der Waals surface area contributed by atoms with E-state index in [0.29, 0.717) is 6.04 Å². The Morgan fingerprint density at radius 2 is 1.67 bits per heavy atom. The second-order valence-electron chi connectivity index (χ2n) is 6.30. The monoisotopic (exact) mass is 255 g/mol. The van der Waals surface area contributed by atoms with Crippen LogP contribution >= 0.6 is 0 Å². The fourth-order valence-electron chi connectivity index (χ4n) is 3.18. The molecule has 2 unspecified atom stereocenters. The fraction of sp³-hybridized carbons (Fsp3) is 1.00. The molecule has 0 aliphatic carbocycles. The Labute approximate surface area is 114 Å². The van der Waals surface area contributed by atoms with Crippen molar-refractivity contribution in [1.82, 2.24) is 9.80 Å². The summed E-state index contributed by atoms with van der Waals surface area (Å²) in [6.07, 6.45) is 2.57. The number of hydrogen-bond donors (Lipinski definition) is 1. The minimum Gasteiger partial charge on any atom is -0.329 e. The first-order valence-electron chi connectivity index (χ1n) is 7.74. The average Bonchev–Trinajstić information content (AvgIpc) is 2.32. The van der Waals surface area contributed by atoms with Gasteiger partial charge in [0.05, 0.1) is 0 Å². The largest absolute Gasteiger partial charge is 0.329 e. The zero-order chi connectivity index (χ0) is 13.5. The lowest BCUT2D eigenvalue weighted by molar-refractivity contribution is 0.0688. The van der Waals surface area contributed by atoms with Crippen LogP contribution in [0.3, 0.4) is 0 Å². The number of rotatable bonds is 7. The molecule has 0 bridgehead atoms. The summed E-state index contributed by atoms with van der Waals surface area (Å²) in [6.45, 7) is 16.1. The van der Waals surface area contributed by atoms with E-state index in [1.807, 2.05) is 0 Å². The van der Waals surface area contributed by atoms with Gasteiger partial charge in [-0.1, -0.05) is 34.1 Å². The number of nitrogens with zero attached hydrogens (tertiary/aromatic N) is 2. The topological polar surface area (TPSA) is 32.5 Å². The molecule has 0 spiro atoms. The summed E-state index contributed by atoms with van der Waals surface area (Å²) in [7, 11) is 0. The van der Waals surface area contributed by atoms with Crippen molar-refractivity contribution in [3.05, 3.63) is 0 Å². The highest BCUT2D eigenvalue weighted by Gasteiger charge is 2.26. The van der Waals surface area contributed by atoms with Crippen LogP contribution in [0.5, 0.6) is 0 Å². The van der Waals surface area contributed by atoms with Crippen LogP contribution in [0.25, 0.3) is 0 Å². The molecule has 1 fully saturated rings. The van der Waals surface area contributed by atoms with E-state index in [2.05, 4.69) is 37.5 Å². The molecule has 2 N–H and O–H groups in total. The van der Waals surface area contributed by atoms with E-state index in [4.69, 9.17) is 5.73 Å². The fourth-order valence-corrected chi connectivity index (χ4v) is 3.18. The molecular weight excluding hydrogens is 222 g/mol. The molecule has 108 valence electrons. The van der Waals surface area contributed by atoms with Crippen LogP contribution in [-0.2, 0) is 0 Å². The summed E-state index contributed by atoms with van der Waals surface area (Å²) in [5.74, 6) is 1.51. The van der Waals surface area contributed by atoms with E-state index in [1.165, 1.54) is 45.6 Å². The Balaban J connectivity index is 2.39. The maximum Gasteiger partial charge on any atom is 0.0245 e. The van der Waals surface area contributed by atoms with Crippen LogP contribution in [0.15, 0.2) is 0 Å². The molecule has 0 amide bonds. The van der Waals surface area contributed by atoms with Crippen molar-refractivity contribution in [3.63, 3.8) is 0 Å². The molecule has 0 aromatic rings. The van der Waals surface area contributed by atoms with Gasteiger partial charge in [-0.05, 0) is 18.3 Å². The SMILES string of the molecule is CCCC(C)C(CN)N1CCN(CC(C)C)CC1. The molecule has 2 atom stereocenters. The predicted octanol–water partition coefficient (Wildman–Crippen LogP) is 2.02. The van der Waals surface area contributed by atoms with Crippen LogP contribution in [0.2, 0.25) is 0 Å². The Bertz CT molecular complexity index is 210. The van der Waals surface area contributed by atoms with E-state index in [1.54, 1.807) is 0 Å². The predicted molar refractivity (Wildman–Crippen MR) is 79.8 cm³/mol. The smallest absolute Gasteiger partial charge is 0.0245 e. The van der Waals surface area contributed by atoms with Gasteiger partial charge in [-0.15, -0.1) is 0 Å². The van der Waals surface area contributed by atoms with Gasteiger partial charge in [-0.2, -0.15) is 0 Å². The highest BCUT2D eigenvalue weighted by atomic mass is 15.3. The summed E-state index contributed by atoms with van der Waals surface area (Å²) >= 11 is 0. The van der Waals surface area contributed by atoms with Crippen LogP contribution < -0.4 is 5.73 Å². The Morgan fingerprint density at radius 1 is 1.06 bits per heavy atom. The highest BCUT2D eigenvalue weighted by Crippen LogP contribution is 2.18. The zero-order valence-corrected chi connectivity index (χ0v) is 12.9. The van der Waals surface area contributed by atoms with Crippen molar-refractivity contribution in [1.29, 1.82) is 0 Å². The number of nitrogens with two attached hydrogens (primary N) is 1. The minimum atomic E-state index is 0.589. The van der Waals surface area contributed by atoms with Gasteiger partial charge in [0, 0.05) is 45.3 Å². The van der Waals surface area contributed by atoms with Crippen molar-refractivity contribution < 1.29 is 0 Å².